The third-order valence-corrected chi connectivity index (χ3v) is 3.79. The molecule has 0 aromatic heterocycles. The van der Waals surface area contributed by atoms with E-state index in [4.69, 9.17) is 5.26 Å². The Morgan fingerprint density at radius 1 is 1.56 bits per heavy atom. The molecule has 1 aromatic carbocycles. The molecule has 0 N–H and O–H groups in total. The second-order valence-corrected chi connectivity index (χ2v) is 5.18. The Morgan fingerprint density at radius 3 is 3.00 bits per heavy atom. The molecule has 1 amide bonds. The molecule has 1 aromatic rings. The number of hydrogen-bond acceptors (Lipinski definition) is 3. The second kappa shape index (κ2) is 4.18. The summed E-state index contributed by atoms with van der Waals surface area (Å²) in [6.45, 7) is 1.91. The number of anilines is 1. The van der Waals surface area contributed by atoms with E-state index >= 15 is 0 Å². The minimum Gasteiger partial charge on any atom is -0.313 e. The summed E-state index contributed by atoms with van der Waals surface area (Å²) in [5.41, 5.74) is 1.94. The minimum atomic E-state index is -0.0464. The van der Waals surface area contributed by atoms with E-state index in [1.807, 2.05) is 25.1 Å². The van der Waals surface area contributed by atoms with E-state index < -0.39 is 0 Å². The van der Waals surface area contributed by atoms with E-state index in [0.29, 0.717) is 6.42 Å². The van der Waals surface area contributed by atoms with Crippen LogP contribution in [0.15, 0.2) is 23.1 Å². The summed E-state index contributed by atoms with van der Waals surface area (Å²) in [6.07, 6.45) is 0.417. The average molecular weight is 232 g/mol. The first kappa shape index (κ1) is 11.0. The van der Waals surface area contributed by atoms with Crippen LogP contribution in [-0.4, -0.2) is 18.2 Å². The van der Waals surface area contributed by atoms with Gasteiger partial charge in [-0.2, -0.15) is 5.26 Å². The Morgan fingerprint density at radius 2 is 2.31 bits per heavy atom. The Kier molecular flexibility index (Phi) is 2.88. The fraction of sp³-hybridized carbons (Fsp3) is 0.333. The van der Waals surface area contributed by atoms with Gasteiger partial charge in [-0.3, -0.25) is 4.79 Å². The summed E-state index contributed by atoms with van der Waals surface area (Å²) < 4.78 is 0. The largest absolute Gasteiger partial charge is 0.313 e. The molecule has 1 heterocycles. The lowest BCUT2D eigenvalue weighted by Gasteiger charge is -2.29. The summed E-state index contributed by atoms with van der Waals surface area (Å²) in [5.74, 6) is 0.130. The highest BCUT2D eigenvalue weighted by Crippen LogP contribution is 2.38. The van der Waals surface area contributed by atoms with Gasteiger partial charge < -0.3 is 4.90 Å². The average Bonchev–Trinajstić information content (AvgIpc) is 2.26. The van der Waals surface area contributed by atoms with Crippen molar-refractivity contribution in [2.24, 2.45) is 0 Å². The predicted molar refractivity (Wildman–Crippen MR) is 64.5 cm³/mol. The van der Waals surface area contributed by atoms with Gasteiger partial charge in [-0.15, -0.1) is 11.8 Å². The zero-order chi connectivity index (χ0) is 11.7. The standard InChI is InChI=1S/C12H12N2OS/c1-8-12(15)14(2)10-4-3-9(5-6-13)7-11(10)16-8/h3-4,7-8H,5H2,1-2H3. The van der Waals surface area contributed by atoms with E-state index in [0.717, 1.165) is 16.1 Å². The smallest absolute Gasteiger partial charge is 0.239 e. The summed E-state index contributed by atoms with van der Waals surface area (Å²) in [6, 6.07) is 7.96. The third kappa shape index (κ3) is 1.79. The van der Waals surface area contributed by atoms with Gasteiger partial charge in [0.1, 0.15) is 0 Å². The molecule has 0 aliphatic carbocycles. The van der Waals surface area contributed by atoms with Crippen molar-refractivity contribution in [2.75, 3.05) is 11.9 Å². The summed E-state index contributed by atoms with van der Waals surface area (Å²) in [7, 11) is 1.79. The number of rotatable bonds is 1. The number of hydrogen-bond donors (Lipinski definition) is 0. The van der Waals surface area contributed by atoms with Crippen LogP contribution in [0.4, 0.5) is 5.69 Å². The lowest BCUT2D eigenvalue weighted by Crippen LogP contribution is -2.36. The van der Waals surface area contributed by atoms with E-state index in [-0.39, 0.29) is 11.2 Å². The van der Waals surface area contributed by atoms with Crippen LogP contribution in [0.3, 0.4) is 0 Å². The van der Waals surface area contributed by atoms with E-state index in [1.165, 1.54) is 0 Å². The zero-order valence-electron chi connectivity index (χ0n) is 9.23. The highest BCUT2D eigenvalue weighted by Gasteiger charge is 2.27. The lowest BCUT2D eigenvalue weighted by atomic mass is 10.1. The fourth-order valence-corrected chi connectivity index (χ4v) is 2.95. The molecule has 16 heavy (non-hydrogen) atoms. The van der Waals surface area contributed by atoms with Gasteiger partial charge in [-0.25, -0.2) is 0 Å². The summed E-state index contributed by atoms with van der Waals surface area (Å²) >= 11 is 1.56. The number of nitriles is 1. The molecule has 0 radical (unpaired) electrons. The molecule has 0 spiro atoms. The summed E-state index contributed by atoms with van der Waals surface area (Å²) in [4.78, 5) is 14.5. The zero-order valence-corrected chi connectivity index (χ0v) is 10.0. The van der Waals surface area contributed by atoms with Crippen LogP contribution < -0.4 is 4.90 Å². The molecule has 2 rings (SSSR count). The van der Waals surface area contributed by atoms with Gasteiger partial charge >= 0.3 is 0 Å². The van der Waals surface area contributed by atoms with Crippen molar-refractivity contribution in [1.29, 1.82) is 5.26 Å². The number of carbonyl (C=O) groups is 1. The molecule has 1 aliphatic rings. The van der Waals surface area contributed by atoms with Crippen molar-refractivity contribution in [3.8, 4) is 6.07 Å². The maximum Gasteiger partial charge on any atom is 0.239 e. The van der Waals surface area contributed by atoms with E-state index in [1.54, 1.807) is 23.7 Å². The number of benzene rings is 1. The van der Waals surface area contributed by atoms with E-state index in [2.05, 4.69) is 6.07 Å². The molecule has 82 valence electrons. The van der Waals surface area contributed by atoms with Gasteiger partial charge in [0.15, 0.2) is 0 Å². The van der Waals surface area contributed by atoms with Crippen molar-refractivity contribution >= 4 is 23.4 Å². The van der Waals surface area contributed by atoms with Crippen molar-refractivity contribution < 1.29 is 4.79 Å². The predicted octanol–water partition coefficient (Wildman–Crippen LogP) is 2.21. The second-order valence-electron chi connectivity index (χ2n) is 3.79. The van der Waals surface area contributed by atoms with Gasteiger partial charge in [0.05, 0.1) is 23.4 Å². The monoisotopic (exact) mass is 232 g/mol. The number of nitrogens with zero attached hydrogens (tertiary/aromatic N) is 2. The summed E-state index contributed by atoms with van der Waals surface area (Å²) in [5, 5.41) is 8.60. The van der Waals surface area contributed by atoms with Crippen LogP contribution in [0.25, 0.3) is 0 Å². The van der Waals surface area contributed by atoms with Crippen LogP contribution in [0.1, 0.15) is 12.5 Å². The first-order chi connectivity index (χ1) is 7.63. The van der Waals surface area contributed by atoms with Crippen molar-refractivity contribution in [2.45, 2.75) is 23.5 Å². The quantitative estimate of drug-likeness (QED) is 0.745. The highest BCUT2D eigenvalue weighted by molar-refractivity contribution is 8.00. The topological polar surface area (TPSA) is 44.1 Å². The Bertz CT molecular complexity index is 478. The van der Waals surface area contributed by atoms with Crippen molar-refractivity contribution in [3.63, 3.8) is 0 Å². The normalized spacial score (nSPS) is 19.2. The maximum atomic E-state index is 11.8. The molecular weight excluding hydrogens is 220 g/mol. The third-order valence-electron chi connectivity index (χ3n) is 2.65. The molecule has 0 saturated heterocycles. The molecule has 4 heteroatoms. The van der Waals surface area contributed by atoms with Crippen LogP contribution in [-0.2, 0) is 11.2 Å². The number of thioether (sulfide) groups is 1. The molecule has 0 saturated carbocycles. The molecule has 1 atom stereocenters. The van der Waals surface area contributed by atoms with Crippen LogP contribution in [0, 0.1) is 11.3 Å². The molecule has 1 unspecified atom stereocenters. The van der Waals surface area contributed by atoms with E-state index in [9.17, 15) is 4.79 Å². The highest BCUT2D eigenvalue weighted by atomic mass is 32.2. The fourth-order valence-electron chi connectivity index (χ4n) is 1.76. The Labute approximate surface area is 99.1 Å². The van der Waals surface area contributed by atoms with Gasteiger partial charge in [-0.05, 0) is 24.6 Å². The van der Waals surface area contributed by atoms with Gasteiger partial charge in [0, 0.05) is 11.9 Å². The van der Waals surface area contributed by atoms with Gasteiger partial charge in [-0.1, -0.05) is 6.07 Å². The van der Waals surface area contributed by atoms with Crippen LogP contribution in [0.2, 0.25) is 0 Å². The SMILES string of the molecule is CC1Sc2cc(CC#N)ccc2N(C)C1=O. The van der Waals surface area contributed by atoms with Crippen molar-refractivity contribution in [1.82, 2.24) is 0 Å². The first-order valence-electron chi connectivity index (χ1n) is 5.07. The van der Waals surface area contributed by atoms with Crippen molar-refractivity contribution in [3.05, 3.63) is 23.8 Å². The number of carbonyl (C=O) groups excluding carboxylic acids is 1. The molecule has 3 nitrogen and oxygen atoms in total. The van der Waals surface area contributed by atoms with Crippen LogP contribution in [0.5, 0.6) is 0 Å². The Balaban J connectivity index is 2.42. The number of fused-ring (bicyclic) bond motifs is 1. The van der Waals surface area contributed by atoms with Gasteiger partial charge in [0.2, 0.25) is 5.91 Å². The lowest BCUT2D eigenvalue weighted by molar-refractivity contribution is -0.117. The molecule has 1 aliphatic heterocycles. The molecular formula is C12H12N2OS. The minimum absolute atomic E-state index is 0.0464. The van der Waals surface area contributed by atoms with Crippen LogP contribution >= 0.6 is 11.8 Å². The first-order valence-corrected chi connectivity index (χ1v) is 5.95. The number of amides is 1. The molecule has 0 bridgehead atoms. The molecule has 0 fully saturated rings. The Hall–Kier alpha value is -1.47. The maximum absolute atomic E-state index is 11.8. The van der Waals surface area contributed by atoms with Gasteiger partial charge in [0.25, 0.3) is 0 Å².